The zero-order valence-corrected chi connectivity index (χ0v) is 35.1. The summed E-state index contributed by atoms with van der Waals surface area (Å²) >= 11 is 0. The van der Waals surface area contributed by atoms with E-state index in [4.69, 9.17) is 24.3 Å². The van der Waals surface area contributed by atoms with Crippen LogP contribution in [0.15, 0.2) is 85.1 Å². The van der Waals surface area contributed by atoms with E-state index in [2.05, 4.69) is 80.7 Å². The molecule has 0 saturated carbocycles. The quantitative estimate of drug-likeness (QED) is 0.0274. The Morgan fingerprint density at radius 1 is 0.593 bits per heavy atom. The minimum atomic E-state index is -4.31. The van der Waals surface area contributed by atoms with Crippen molar-refractivity contribution in [2.75, 3.05) is 33.0 Å². The summed E-state index contributed by atoms with van der Waals surface area (Å²) in [6, 6.07) is 0. The van der Waals surface area contributed by atoms with Gasteiger partial charge in [0, 0.05) is 13.0 Å². The number of rotatable bonds is 39. The molecule has 0 aliphatic carbocycles. The van der Waals surface area contributed by atoms with E-state index in [1.165, 1.54) is 77.0 Å². The number of carbonyl (C=O) groups is 1. The summed E-state index contributed by atoms with van der Waals surface area (Å²) in [6.45, 7) is 4.43. The van der Waals surface area contributed by atoms with E-state index in [9.17, 15) is 14.3 Å². The molecule has 0 aliphatic rings. The average molecular weight is 776 g/mol. The Hall–Kier alpha value is -2.32. The van der Waals surface area contributed by atoms with Crippen LogP contribution in [0.5, 0.6) is 0 Å². The lowest BCUT2D eigenvalue weighted by Crippen LogP contribution is -2.28. The molecule has 54 heavy (non-hydrogen) atoms. The lowest BCUT2D eigenvalue weighted by Gasteiger charge is -2.19. The molecule has 0 bridgehead atoms. The Morgan fingerprint density at radius 2 is 1.06 bits per heavy atom. The molecule has 2 atom stereocenters. The smallest absolute Gasteiger partial charge is 0.457 e. The van der Waals surface area contributed by atoms with Gasteiger partial charge in [0.2, 0.25) is 0 Å². The molecule has 0 amide bonds. The van der Waals surface area contributed by atoms with Gasteiger partial charge in [-0.15, -0.1) is 0 Å². The lowest BCUT2D eigenvalue weighted by atomic mass is 10.0. The van der Waals surface area contributed by atoms with Crippen LogP contribution in [0.2, 0.25) is 0 Å². The molecule has 0 aromatic rings. The van der Waals surface area contributed by atoms with Crippen molar-refractivity contribution in [3.63, 3.8) is 0 Å². The standard InChI is InChI=1S/C45H78NO7P/c1-3-5-7-9-11-13-15-17-19-21-22-23-24-26-28-30-32-34-36-38-45(47)53-44(43-52-54(48,49)51-41-39-46)42-50-40-37-35-33-31-29-27-25-20-18-16-14-12-10-8-6-4-2/h5,7,11,13,17,19,22-23,26,28,32,34-35,37,44H,3-4,6,8-10,12,14-16,18,20-21,24-25,27,29-31,33,36,38-43,46H2,1-2H3,(H,48,49)/b7-5-,13-11-,19-17-,23-22-,28-26-,34-32-,37-35+/t44-/m1/s1. The van der Waals surface area contributed by atoms with Crippen LogP contribution in [0.3, 0.4) is 0 Å². The molecule has 0 aromatic carbocycles. The molecule has 0 aromatic heterocycles. The number of phosphoric ester groups is 1. The van der Waals surface area contributed by atoms with Crippen LogP contribution >= 0.6 is 7.82 Å². The minimum absolute atomic E-state index is 0.0334. The van der Waals surface area contributed by atoms with Gasteiger partial charge in [-0.2, -0.15) is 0 Å². The molecule has 0 saturated heterocycles. The fourth-order valence-corrected chi connectivity index (χ4v) is 6.08. The van der Waals surface area contributed by atoms with Gasteiger partial charge in [0.25, 0.3) is 0 Å². The van der Waals surface area contributed by atoms with Gasteiger partial charge in [0.05, 0.1) is 26.4 Å². The predicted octanol–water partition coefficient (Wildman–Crippen LogP) is 12.5. The molecule has 0 fully saturated rings. The Labute approximate surface area is 330 Å². The third-order valence-corrected chi connectivity index (χ3v) is 9.35. The minimum Gasteiger partial charge on any atom is -0.457 e. The van der Waals surface area contributed by atoms with Crippen molar-refractivity contribution in [2.24, 2.45) is 5.73 Å². The van der Waals surface area contributed by atoms with E-state index in [0.717, 1.165) is 51.4 Å². The first-order chi connectivity index (χ1) is 26.4. The maximum absolute atomic E-state index is 12.5. The van der Waals surface area contributed by atoms with Crippen molar-refractivity contribution in [1.29, 1.82) is 0 Å². The van der Waals surface area contributed by atoms with E-state index in [0.29, 0.717) is 13.0 Å². The molecule has 310 valence electrons. The summed E-state index contributed by atoms with van der Waals surface area (Å²) in [4.78, 5) is 22.4. The molecular formula is C45H78NO7P. The van der Waals surface area contributed by atoms with Crippen molar-refractivity contribution < 1.29 is 32.8 Å². The number of esters is 1. The van der Waals surface area contributed by atoms with Crippen molar-refractivity contribution in [2.45, 2.75) is 161 Å². The average Bonchev–Trinajstić information content (AvgIpc) is 3.16. The Balaban J connectivity index is 4.24. The van der Waals surface area contributed by atoms with Gasteiger partial charge in [0.1, 0.15) is 6.10 Å². The first-order valence-electron chi connectivity index (χ1n) is 21.1. The van der Waals surface area contributed by atoms with E-state index in [1.807, 2.05) is 18.2 Å². The van der Waals surface area contributed by atoms with Crippen LogP contribution in [-0.2, 0) is 27.9 Å². The Morgan fingerprint density at radius 3 is 1.56 bits per heavy atom. The fourth-order valence-electron chi connectivity index (χ4n) is 5.32. The molecule has 0 heterocycles. The molecular weight excluding hydrogens is 697 g/mol. The van der Waals surface area contributed by atoms with Crippen LogP contribution in [-0.4, -0.2) is 49.9 Å². The van der Waals surface area contributed by atoms with Crippen molar-refractivity contribution >= 4 is 13.8 Å². The second-order valence-corrected chi connectivity index (χ2v) is 14.9. The summed E-state index contributed by atoms with van der Waals surface area (Å²) in [6.07, 6.45) is 53.7. The predicted molar refractivity (Wildman–Crippen MR) is 228 cm³/mol. The second-order valence-electron chi connectivity index (χ2n) is 13.5. The number of phosphoric acid groups is 1. The molecule has 3 N–H and O–H groups in total. The highest BCUT2D eigenvalue weighted by Crippen LogP contribution is 2.43. The Kier molecular flexibility index (Phi) is 40.0. The third-order valence-electron chi connectivity index (χ3n) is 8.36. The lowest BCUT2D eigenvalue weighted by molar-refractivity contribution is -0.154. The molecule has 0 radical (unpaired) electrons. The summed E-state index contributed by atoms with van der Waals surface area (Å²) in [7, 11) is -4.31. The van der Waals surface area contributed by atoms with Crippen LogP contribution in [0.25, 0.3) is 0 Å². The summed E-state index contributed by atoms with van der Waals surface area (Å²) in [5, 5.41) is 0. The van der Waals surface area contributed by atoms with Crippen LogP contribution in [0.1, 0.15) is 155 Å². The fraction of sp³-hybridized carbons (Fsp3) is 0.667. The van der Waals surface area contributed by atoms with Gasteiger partial charge in [-0.25, -0.2) is 4.57 Å². The van der Waals surface area contributed by atoms with Crippen LogP contribution in [0.4, 0.5) is 0 Å². The maximum Gasteiger partial charge on any atom is 0.472 e. The first kappa shape index (κ1) is 51.7. The highest BCUT2D eigenvalue weighted by atomic mass is 31.2. The number of carbonyl (C=O) groups excluding carboxylic acids is 1. The highest BCUT2D eigenvalue weighted by molar-refractivity contribution is 7.47. The van der Waals surface area contributed by atoms with E-state index < -0.39 is 19.9 Å². The zero-order chi connectivity index (χ0) is 39.5. The number of nitrogens with two attached hydrogens (primary N) is 1. The highest BCUT2D eigenvalue weighted by Gasteiger charge is 2.25. The summed E-state index contributed by atoms with van der Waals surface area (Å²) in [5.41, 5.74) is 5.35. The number of unbranched alkanes of at least 4 members (excludes halogenated alkanes) is 13. The monoisotopic (exact) mass is 776 g/mol. The molecule has 0 rings (SSSR count). The van der Waals surface area contributed by atoms with Gasteiger partial charge < -0.3 is 20.1 Å². The largest absolute Gasteiger partial charge is 0.472 e. The topological polar surface area (TPSA) is 117 Å². The van der Waals surface area contributed by atoms with Crippen molar-refractivity contribution in [3.8, 4) is 0 Å². The summed E-state index contributed by atoms with van der Waals surface area (Å²) < 4.78 is 33.2. The molecule has 8 nitrogen and oxygen atoms in total. The zero-order valence-electron chi connectivity index (χ0n) is 34.2. The van der Waals surface area contributed by atoms with Crippen molar-refractivity contribution in [1.82, 2.24) is 0 Å². The Bertz CT molecular complexity index is 1100. The SMILES string of the molecule is CC/C=C\C/C=C\C/C=C\C/C=C\C/C=C\C/C=C\CCC(=O)O[C@H](COC/C=C/CCCCCCCCCCCCCCC)COP(=O)(O)OCCN. The van der Waals surface area contributed by atoms with Gasteiger partial charge in [-0.3, -0.25) is 13.8 Å². The van der Waals surface area contributed by atoms with Crippen LogP contribution < -0.4 is 5.73 Å². The van der Waals surface area contributed by atoms with E-state index >= 15 is 0 Å². The first-order valence-corrected chi connectivity index (χ1v) is 22.6. The second kappa shape index (κ2) is 41.8. The molecule has 0 spiro atoms. The number of hydrogen-bond donors (Lipinski definition) is 2. The molecule has 9 heteroatoms. The van der Waals surface area contributed by atoms with Crippen molar-refractivity contribution in [3.05, 3.63) is 85.1 Å². The number of allylic oxidation sites excluding steroid dienone is 13. The maximum atomic E-state index is 12.5. The van der Waals surface area contributed by atoms with Gasteiger partial charge in [-0.05, 0) is 57.8 Å². The number of ether oxygens (including phenoxy) is 2. The summed E-state index contributed by atoms with van der Waals surface area (Å²) in [5.74, 6) is -0.430. The van der Waals surface area contributed by atoms with E-state index in [1.54, 1.807) is 0 Å². The molecule has 1 unspecified atom stereocenters. The van der Waals surface area contributed by atoms with Gasteiger partial charge >= 0.3 is 13.8 Å². The molecule has 0 aliphatic heterocycles. The van der Waals surface area contributed by atoms with Gasteiger partial charge in [0.15, 0.2) is 0 Å². The normalized spacial score (nSPS) is 14.4. The van der Waals surface area contributed by atoms with Gasteiger partial charge in [-0.1, -0.05) is 176 Å². The van der Waals surface area contributed by atoms with E-state index in [-0.39, 0.29) is 32.8 Å². The number of hydrogen-bond acceptors (Lipinski definition) is 7. The third kappa shape index (κ3) is 40.9. The van der Waals surface area contributed by atoms with Crippen LogP contribution in [0, 0.1) is 0 Å².